The second-order valence-electron chi connectivity index (χ2n) is 2.93. The Morgan fingerprint density at radius 3 is 3.00 bits per heavy atom. The van der Waals surface area contributed by atoms with Gasteiger partial charge >= 0.3 is 5.69 Å². The number of aromatic nitrogens is 4. The van der Waals surface area contributed by atoms with E-state index in [9.17, 15) is 9.59 Å². The molecule has 0 N–H and O–H groups in total. The number of hydrogen-bond donors (Lipinski definition) is 0. The van der Waals surface area contributed by atoms with Gasteiger partial charge in [0.1, 0.15) is 1.37 Å². The summed E-state index contributed by atoms with van der Waals surface area (Å²) in [5.74, 6) is 0. The zero-order valence-corrected chi connectivity index (χ0v) is 8.11. The van der Waals surface area contributed by atoms with Crippen molar-refractivity contribution in [3.05, 3.63) is 27.1 Å². The molecule has 0 aromatic carbocycles. The van der Waals surface area contributed by atoms with Crippen molar-refractivity contribution in [1.29, 1.82) is 0 Å². The lowest BCUT2D eigenvalue weighted by molar-refractivity contribution is 0.635. The van der Waals surface area contributed by atoms with Crippen molar-refractivity contribution in [2.75, 3.05) is 0 Å². The molecule has 2 rings (SSSR count). The number of hydrogen-bond acceptors (Lipinski definition) is 3. The van der Waals surface area contributed by atoms with Gasteiger partial charge in [0.05, 0.1) is 6.30 Å². The molecule has 0 fully saturated rings. The number of imidazole rings is 1. The van der Waals surface area contributed by atoms with E-state index in [1.807, 2.05) is 0 Å². The highest BCUT2D eigenvalue weighted by molar-refractivity contribution is 5.69. The quantitative estimate of drug-likeness (QED) is 0.640. The van der Waals surface area contributed by atoms with Gasteiger partial charge in [-0.15, -0.1) is 0 Å². The molecule has 80 valence electrons. The molecule has 0 atom stereocenters. The minimum Gasteiger partial charge on any atom is -0.328 e. The summed E-state index contributed by atoms with van der Waals surface area (Å²) in [6.45, 7) is -4.40. The Morgan fingerprint density at radius 1 is 1.67 bits per heavy atom. The first-order valence-electron chi connectivity index (χ1n) is 7.09. The molecule has 2 aromatic rings. The van der Waals surface area contributed by atoms with Crippen molar-refractivity contribution < 1.29 is 8.22 Å². The standard InChI is InChI=1S/C9H12N4O2/c1-4-13-8(14)6-7(10-5-11(6)2)12(3)9(13)15/h5H,4H2,1-3H3/i3D3,4D2,5D. The van der Waals surface area contributed by atoms with E-state index < -0.39 is 36.7 Å². The fourth-order valence-corrected chi connectivity index (χ4v) is 1.35. The smallest absolute Gasteiger partial charge is 0.328 e. The van der Waals surface area contributed by atoms with E-state index in [1.54, 1.807) is 0 Å². The summed E-state index contributed by atoms with van der Waals surface area (Å²) in [4.78, 5) is 28.1. The highest BCUT2D eigenvalue weighted by Crippen LogP contribution is 2.02. The van der Waals surface area contributed by atoms with Gasteiger partial charge in [-0.3, -0.25) is 13.9 Å². The van der Waals surface area contributed by atoms with Crippen LogP contribution in [0.15, 0.2) is 15.9 Å². The molecule has 0 amide bonds. The third-order valence-electron chi connectivity index (χ3n) is 2.08. The Bertz CT molecular complexity index is 837. The largest absolute Gasteiger partial charge is 0.332 e. The summed E-state index contributed by atoms with van der Waals surface area (Å²) in [5.41, 5.74) is -3.14. The van der Waals surface area contributed by atoms with E-state index in [0.29, 0.717) is 0 Å². The van der Waals surface area contributed by atoms with Gasteiger partial charge in [0.25, 0.3) is 5.56 Å². The Labute approximate surface area is 93.8 Å². The average Bonchev–Trinajstić information content (AvgIpc) is 2.50. The molecule has 0 bridgehead atoms. The molecule has 0 radical (unpaired) electrons. The minimum atomic E-state index is -2.96. The van der Waals surface area contributed by atoms with Crippen LogP contribution in [0.1, 0.15) is 15.1 Å². The first kappa shape index (κ1) is 4.78. The zero-order chi connectivity index (χ0) is 16.3. The van der Waals surface area contributed by atoms with Crippen molar-refractivity contribution in [3.8, 4) is 0 Å². The van der Waals surface area contributed by atoms with Crippen molar-refractivity contribution >= 4 is 11.2 Å². The highest BCUT2D eigenvalue weighted by atomic mass is 16.2. The predicted octanol–water partition coefficient (Wildman–Crippen LogP) is -0.546. The lowest BCUT2D eigenvalue weighted by atomic mass is 10.5. The lowest BCUT2D eigenvalue weighted by Crippen LogP contribution is -2.39. The minimum absolute atomic E-state index is 0.211. The summed E-state index contributed by atoms with van der Waals surface area (Å²) in [5, 5.41) is 0. The third-order valence-corrected chi connectivity index (χ3v) is 2.08. The van der Waals surface area contributed by atoms with Crippen LogP contribution < -0.4 is 11.2 Å². The number of rotatable bonds is 1. The molecule has 0 saturated heterocycles. The SMILES string of the molecule is [2H]c1nc2c(c(=O)n(C([2H])([2H])C)c(=O)n2C([2H])([2H])[2H])n1C. The molecular weight excluding hydrogens is 196 g/mol. The van der Waals surface area contributed by atoms with E-state index in [4.69, 9.17) is 8.22 Å². The van der Waals surface area contributed by atoms with Gasteiger partial charge in [0.2, 0.25) is 0 Å². The predicted molar refractivity (Wildman–Crippen MR) is 55.9 cm³/mol. The maximum absolute atomic E-state index is 12.3. The molecule has 6 heteroatoms. The van der Waals surface area contributed by atoms with Gasteiger partial charge in [-0.2, -0.15) is 0 Å². The molecule has 0 aliphatic heterocycles. The molecule has 0 saturated carbocycles. The maximum atomic E-state index is 12.3. The lowest BCUT2D eigenvalue weighted by Gasteiger charge is -2.05. The topological polar surface area (TPSA) is 61.8 Å². The average molecular weight is 214 g/mol. The molecule has 0 spiro atoms. The van der Waals surface area contributed by atoms with Crippen molar-refractivity contribution in [3.63, 3.8) is 0 Å². The van der Waals surface area contributed by atoms with Gasteiger partial charge in [0.15, 0.2) is 11.2 Å². The van der Waals surface area contributed by atoms with E-state index >= 15 is 0 Å². The van der Waals surface area contributed by atoms with Crippen LogP contribution in [-0.2, 0) is 20.5 Å². The van der Waals surface area contributed by atoms with Crippen molar-refractivity contribution in [1.82, 2.24) is 18.7 Å². The van der Waals surface area contributed by atoms with Gasteiger partial charge in [-0.05, 0) is 6.92 Å². The molecule has 15 heavy (non-hydrogen) atoms. The van der Waals surface area contributed by atoms with Gasteiger partial charge < -0.3 is 4.57 Å². The summed E-state index contributed by atoms with van der Waals surface area (Å²) in [7, 11) is 1.31. The summed E-state index contributed by atoms with van der Waals surface area (Å²) in [6, 6.07) is 0. The first-order chi connectivity index (χ1) is 9.37. The van der Waals surface area contributed by atoms with Gasteiger partial charge in [-0.25, -0.2) is 9.78 Å². The fourth-order valence-electron chi connectivity index (χ4n) is 1.35. The third kappa shape index (κ3) is 1.14. The molecular formula is C9H12N4O2. The fraction of sp³-hybridized carbons (Fsp3) is 0.444. The van der Waals surface area contributed by atoms with Crippen LogP contribution in [-0.4, -0.2) is 18.7 Å². The molecule has 0 unspecified atom stereocenters. The van der Waals surface area contributed by atoms with Crippen LogP contribution in [0.3, 0.4) is 0 Å². The van der Waals surface area contributed by atoms with Crippen LogP contribution in [0.5, 0.6) is 0 Å². The number of fused-ring (bicyclic) bond motifs is 1. The molecule has 6 nitrogen and oxygen atoms in total. The number of aryl methyl sites for hydroxylation is 2. The van der Waals surface area contributed by atoms with Gasteiger partial charge in [0, 0.05) is 27.4 Å². The first-order valence-corrected chi connectivity index (χ1v) is 4.09. The van der Waals surface area contributed by atoms with Crippen LogP contribution in [0.2, 0.25) is 0 Å². The Morgan fingerprint density at radius 2 is 2.40 bits per heavy atom. The van der Waals surface area contributed by atoms with Crippen molar-refractivity contribution in [2.24, 2.45) is 14.0 Å². The molecule has 0 aliphatic rings. The van der Waals surface area contributed by atoms with E-state index in [-0.39, 0.29) is 14.7 Å². The van der Waals surface area contributed by atoms with Crippen LogP contribution in [0.25, 0.3) is 11.2 Å². The zero-order valence-electron chi connectivity index (χ0n) is 14.1. The summed E-state index contributed by atoms with van der Waals surface area (Å²) in [6.07, 6.45) is -0.408. The van der Waals surface area contributed by atoms with E-state index in [2.05, 4.69) is 4.98 Å². The normalized spacial score (nSPS) is 18.8. The van der Waals surface area contributed by atoms with Crippen molar-refractivity contribution in [2.45, 2.75) is 13.4 Å². The summed E-state index contributed by atoms with van der Waals surface area (Å²) >= 11 is 0. The number of nitrogens with zero attached hydrogens (tertiary/aromatic N) is 4. The van der Waals surface area contributed by atoms with Gasteiger partial charge in [-0.1, -0.05) is 0 Å². The van der Waals surface area contributed by atoms with E-state index in [1.165, 1.54) is 7.05 Å². The second kappa shape index (κ2) is 3.08. The van der Waals surface area contributed by atoms with E-state index in [0.717, 1.165) is 11.5 Å². The molecule has 2 heterocycles. The Balaban J connectivity index is 3.21. The van der Waals surface area contributed by atoms with Crippen LogP contribution in [0.4, 0.5) is 0 Å². The Kier molecular flexibility index (Phi) is 0.981. The molecule has 0 aliphatic carbocycles. The second-order valence-corrected chi connectivity index (χ2v) is 2.93. The summed E-state index contributed by atoms with van der Waals surface area (Å²) < 4.78 is 46.3. The monoisotopic (exact) mass is 214 g/mol. The molecule has 2 aromatic heterocycles. The Hall–Kier alpha value is -1.85. The maximum Gasteiger partial charge on any atom is 0.332 e. The highest BCUT2D eigenvalue weighted by Gasteiger charge is 2.12. The van der Waals surface area contributed by atoms with Crippen LogP contribution in [0, 0.1) is 0 Å². The van der Waals surface area contributed by atoms with Crippen LogP contribution >= 0.6 is 0 Å².